The van der Waals surface area contributed by atoms with Crippen molar-refractivity contribution in [2.75, 3.05) is 5.32 Å². The number of hydrogen-bond donors (Lipinski definition) is 3. The maximum Gasteiger partial charge on any atom is 0.328 e. The molecule has 1 aliphatic rings. The van der Waals surface area contributed by atoms with Gasteiger partial charge in [0.05, 0.1) is 0 Å². The fourth-order valence-electron chi connectivity index (χ4n) is 4.38. The number of carbonyl (C=O) groups is 3. The largest absolute Gasteiger partial charge is 0.480 e. The highest BCUT2D eigenvalue weighted by molar-refractivity contribution is 5.91. The summed E-state index contributed by atoms with van der Waals surface area (Å²) >= 11 is 0. The zero-order valence-corrected chi connectivity index (χ0v) is 19.6. The summed E-state index contributed by atoms with van der Waals surface area (Å²) in [6.07, 6.45) is 3.67. The van der Waals surface area contributed by atoms with Crippen molar-refractivity contribution in [3.05, 3.63) is 65.7 Å². The van der Waals surface area contributed by atoms with Gasteiger partial charge in [0.25, 0.3) is 0 Å². The fraction of sp³-hybridized carbons (Fsp3) is 0.444. The first-order valence-electron chi connectivity index (χ1n) is 11.7. The van der Waals surface area contributed by atoms with Gasteiger partial charge in [-0.05, 0) is 74.6 Å². The smallest absolute Gasteiger partial charge is 0.328 e. The van der Waals surface area contributed by atoms with Crippen LogP contribution in [0.25, 0.3) is 0 Å². The molecule has 1 aliphatic carbocycles. The Bertz CT molecular complexity index is 961. The number of amides is 2. The molecule has 0 bridgehead atoms. The predicted octanol–water partition coefficient (Wildman–Crippen LogP) is 5.07. The Kier molecular flexibility index (Phi) is 7.90. The van der Waals surface area contributed by atoms with Crippen molar-refractivity contribution in [2.24, 2.45) is 5.92 Å². The lowest BCUT2D eigenvalue weighted by molar-refractivity contribution is -0.146. The molecule has 1 fully saturated rings. The average Bonchev–Trinajstić information content (AvgIpc) is 2.80. The van der Waals surface area contributed by atoms with Crippen LogP contribution in [0.5, 0.6) is 0 Å². The Hall–Kier alpha value is -3.15. The molecular formula is C27H34N2O4. The zero-order chi connectivity index (χ0) is 24.0. The first kappa shape index (κ1) is 24.5. The second-order valence-corrected chi connectivity index (χ2v) is 9.65. The van der Waals surface area contributed by atoms with Crippen molar-refractivity contribution in [3.63, 3.8) is 0 Å². The van der Waals surface area contributed by atoms with E-state index in [0.717, 1.165) is 36.9 Å². The lowest BCUT2D eigenvalue weighted by Gasteiger charge is -2.30. The van der Waals surface area contributed by atoms with Gasteiger partial charge in [0.2, 0.25) is 11.8 Å². The van der Waals surface area contributed by atoms with Crippen LogP contribution in [0.15, 0.2) is 54.6 Å². The number of hydrogen-bond acceptors (Lipinski definition) is 3. The molecule has 1 unspecified atom stereocenters. The maximum absolute atomic E-state index is 12.5. The van der Waals surface area contributed by atoms with Crippen LogP contribution < -0.4 is 10.6 Å². The van der Waals surface area contributed by atoms with Gasteiger partial charge in [-0.1, -0.05) is 49.4 Å². The van der Waals surface area contributed by atoms with E-state index in [1.54, 1.807) is 0 Å². The van der Waals surface area contributed by atoms with Gasteiger partial charge in [-0.15, -0.1) is 0 Å². The van der Waals surface area contributed by atoms with E-state index in [2.05, 4.69) is 29.7 Å². The molecule has 1 saturated carbocycles. The summed E-state index contributed by atoms with van der Waals surface area (Å²) in [7, 11) is 0. The fourth-order valence-corrected chi connectivity index (χ4v) is 4.38. The molecule has 2 aromatic rings. The Balaban J connectivity index is 1.48. The molecule has 0 spiro atoms. The summed E-state index contributed by atoms with van der Waals surface area (Å²) in [5.41, 5.74) is 1.88. The molecule has 0 saturated heterocycles. The summed E-state index contributed by atoms with van der Waals surface area (Å²) in [4.78, 5) is 36.1. The van der Waals surface area contributed by atoms with Crippen LogP contribution in [-0.2, 0) is 14.4 Å². The van der Waals surface area contributed by atoms with Crippen LogP contribution in [0.2, 0.25) is 0 Å². The molecule has 176 valence electrons. The lowest BCUT2D eigenvalue weighted by atomic mass is 9.78. The molecule has 33 heavy (non-hydrogen) atoms. The summed E-state index contributed by atoms with van der Waals surface area (Å²) in [6.45, 7) is 5.06. The minimum absolute atomic E-state index is 0.00471. The average molecular weight is 451 g/mol. The van der Waals surface area contributed by atoms with Crippen LogP contribution in [-0.4, -0.2) is 28.4 Å². The van der Waals surface area contributed by atoms with Crippen molar-refractivity contribution < 1.29 is 19.5 Å². The zero-order valence-electron chi connectivity index (χ0n) is 19.6. The highest BCUT2D eigenvalue weighted by Crippen LogP contribution is 2.36. The molecule has 2 amide bonds. The Labute approximate surface area is 195 Å². The normalized spacial score (nSPS) is 19.4. The van der Waals surface area contributed by atoms with Gasteiger partial charge >= 0.3 is 5.97 Å². The van der Waals surface area contributed by atoms with Gasteiger partial charge < -0.3 is 15.7 Å². The minimum Gasteiger partial charge on any atom is -0.480 e. The third-order valence-electron chi connectivity index (χ3n) is 6.59. The third-order valence-corrected chi connectivity index (χ3v) is 6.59. The number of nitrogens with one attached hydrogen (secondary N) is 2. The van der Waals surface area contributed by atoms with Gasteiger partial charge in [-0.2, -0.15) is 0 Å². The molecule has 0 aromatic heterocycles. The number of carbonyl (C=O) groups excluding carboxylic acids is 2. The second-order valence-electron chi connectivity index (χ2n) is 9.65. The lowest BCUT2D eigenvalue weighted by Crippen LogP contribution is -2.51. The van der Waals surface area contributed by atoms with Crippen molar-refractivity contribution >= 4 is 23.5 Å². The van der Waals surface area contributed by atoms with E-state index >= 15 is 0 Å². The molecule has 0 radical (unpaired) electrons. The SMILES string of the molecule is CC(CC(=O)Nc1ccc([C@H]2CC[C@@H](C(=O)NC(C)(C)C(=O)O)CC2)cc1)c1ccccc1. The first-order chi connectivity index (χ1) is 15.7. The molecule has 3 rings (SSSR count). The van der Waals surface area contributed by atoms with Crippen LogP contribution in [0, 0.1) is 5.92 Å². The van der Waals surface area contributed by atoms with Crippen molar-refractivity contribution in [3.8, 4) is 0 Å². The summed E-state index contributed by atoms with van der Waals surface area (Å²) < 4.78 is 0. The third kappa shape index (κ3) is 6.67. The van der Waals surface area contributed by atoms with Crippen LogP contribution in [0.3, 0.4) is 0 Å². The summed E-state index contributed by atoms with van der Waals surface area (Å²) in [5, 5.41) is 14.8. The van der Waals surface area contributed by atoms with Gasteiger partial charge in [0.1, 0.15) is 5.54 Å². The van der Waals surface area contributed by atoms with E-state index in [1.165, 1.54) is 19.4 Å². The Morgan fingerprint density at radius 2 is 1.58 bits per heavy atom. The highest BCUT2D eigenvalue weighted by atomic mass is 16.4. The monoisotopic (exact) mass is 450 g/mol. The second kappa shape index (κ2) is 10.6. The number of carboxylic acid groups (broad SMARTS) is 1. The van der Waals surface area contributed by atoms with Crippen LogP contribution >= 0.6 is 0 Å². The van der Waals surface area contributed by atoms with Crippen molar-refractivity contribution in [1.82, 2.24) is 5.32 Å². The minimum atomic E-state index is -1.26. The van der Waals surface area contributed by atoms with E-state index in [1.807, 2.05) is 42.5 Å². The number of anilines is 1. The standard InChI is InChI=1S/C27H34N2O4/c1-18(19-7-5-4-6-8-19)17-24(30)28-23-15-13-21(14-16-23)20-9-11-22(12-10-20)25(31)29-27(2,3)26(32)33/h4-8,13-16,18,20,22H,9-12,17H2,1-3H3,(H,28,30)(H,29,31)(H,32,33)/t18?,20-,22+. The van der Waals surface area contributed by atoms with Gasteiger partial charge in [-0.3, -0.25) is 9.59 Å². The molecular weight excluding hydrogens is 416 g/mol. The van der Waals surface area contributed by atoms with E-state index in [0.29, 0.717) is 12.3 Å². The Morgan fingerprint density at radius 3 is 2.15 bits per heavy atom. The number of aliphatic carboxylic acids is 1. The Morgan fingerprint density at radius 1 is 0.970 bits per heavy atom. The van der Waals surface area contributed by atoms with Crippen molar-refractivity contribution in [2.45, 2.75) is 70.3 Å². The van der Waals surface area contributed by atoms with E-state index in [9.17, 15) is 19.5 Å². The van der Waals surface area contributed by atoms with E-state index < -0.39 is 11.5 Å². The topological polar surface area (TPSA) is 95.5 Å². The van der Waals surface area contributed by atoms with Crippen LogP contribution in [0.4, 0.5) is 5.69 Å². The first-order valence-corrected chi connectivity index (χ1v) is 11.7. The summed E-state index contributed by atoms with van der Waals surface area (Å²) in [5.74, 6) is -0.849. The van der Waals surface area contributed by atoms with Gasteiger partial charge in [0, 0.05) is 18.0 Å². The molecule has 3 N–H and O–H groups in total. The number of rotatable bonds is 8. The number of benzene rings is 2. The van der Waals surface area contributed by atoms with E-state index in [-0.39, 0.29) is 23.7 Å². The molecule has 1 atom stereocenters. The molecule has 0 heterocycles. The molecule has 6 heteroatoms. The van der Waals surface area contributed by atoms with Gasteiger partial charge in [0.15, 0.2) is 0 Å². The van der Waals surface area contributed by atoms with Crippen LogP contribution in [0.1, 0.15) is 75.8 Å². The summed E-state index contributed by atoms with van der Waals surface area (Å²) in [6, 6.07) is 18.0. The number of carboxylic acids is 1. The van der Waals surface area contributed by atoms with Crippen molar-refractivity contribution in [1.29, 1.82) is 0 Å². The predicted molar refractivity (Wildman–Crippen MR) is 129 cm³/mol. The maximum atomic E-state index is 12.5. The molecule has 0 aliphatic heterocycles. The highest BCUT2D eigenvalue weighted by Gasteiger charge is 2.33. The van der Waals surface area contributed by atoms with Gasteiger partial charge in [-0.25, -0.2) is 4.79 Å². The molecule has 2 aromatic carbocycles. The molecule has 6 nitrogen and oxygen atoms in total. The quantitative estimate of drug-likeness (QED) is 0.523. The van der Waals surface area contributed by atoms with E-state index in [4.69, 9.17) is 0 Å².